The van der Waals surface area contributed by atoms with Crippen molar-refractivity contribution in [1.82, 2.24) is 14.9 Å². The Morgan fingerprint density at radius 1 is 1.36 bits per heavy atom. The first kappa shape index (κ1) is 9.40. The molecule has 0 saturated heterocycles. The third kappa shape index (κ3) is 1.85. The van der Waals surface area contributed by atoms with E-state index in [9.17, 15) is 0 Å². The smallest absolute Gasteiger partial charge is 0.222 e. The van der Waals surface area contributed by atoms with Crippen LogP contribution in [0, 0.1) is 0 Å². The highest BCUT2D eigenvalue weighted by molar-refractivity contribution is 5.25. The molecule has 0 amide bonds. The summed E-state index contributed by atoms with van der Waals surface area (Å²) in [6.45, 7) is 0.935. The second-order valence-corrected chi connectivity index (χ2v) is 4.04. The van der Waals surface area contributed by atoms with E-state index in [4.69, 9.17) is 0 Å². The zero-order chi connectivity index (χ0) is 10.0. The second kappa shape index (κ2) is 3.53. The van der Waals surface area contributed by atoms with Crippen molar-refractivity contribution in [2.75, 3.05) is 26.0 Å². The van der Waals surface area contributed by atoms with Gasteiger partial charge in [-0.05, 0) is 33.0 Å². The van der Waals surface area contributed by atoms with Crippen molar-refractivity contribution >= 4 is 5.95 Å². The summed E-state index contributed by atoms with van der Waals surface area (Å²) >= 11 is 0. The highest BCUT2D eigenvalue weighted by Crippen LogP contribution is 2.39. The van der Waals surface area contributed by atoms with Crippen molar-refractivity contribution < 1.29 is 0 Å². The fourth-order valence-electron chi connectivity index (χ4n) is 1.56. The second-order valence-electron chi connectivity index (χ2n) is 4.04. The summed E-state index contributed by atoms with van der Waals surface area (Å²) in [5, 5.41) is 3.26. The molecule has 0 aromatic carbocycles. The van der Waals surface area contributed by atoms with Crippen LogP contribution in [0.2, 0.25) is 0 Å². The van der Waals surface area contributed by atoms with Crippen LogP contribution < -0.4 is 5.32 Å². The predicted octanol–water partition coefficient (Wildman–Crippen LogP) is 0.983. The van der Waals surface area contributed by atoms with Crippen LogP contribution in [0.25, 0.3) is 0 Å². The molecule has 4 heteroatoms. The Morgan fingerprint density at radius 2 is 2.00 bits per heavy atom. The van der Waals surface area contributed by atoms with Gasteiger partial charge in [0, 0.05) is 24.5 Å². The van der Waals surface area contributed by atoms with E-state index < -0.39 is 0 Å². The maximum absolute atomic E-state index is 4.13. The minimum atomic E-state index is 0.346. The topological polar surface area (TPSA) is 41.0 Å². The highest BCUT2D eigenvalue weighted by atomic mass is 15.2. The third-order valence-corrected chi connectivity index (χ3v) is 2.92. The molecule has 0 unspecified atom stereocenters. The first-order valence-electron chi connectivity index (χ1n) is 4.91. The molecule has 0 radical (unpaired) electrons. The van der Waals surface area contributed by atoms with Crippen LogP contribution in [-0.2, 0) is 0 Å². The Bertz CT molecular complexity index is 292. The van der Waals surface area contributed by atoms with Gasteiger partial charge < -0.3 is 10.2 Å². The third-order valence-electron chi connectivity index (χ3n) is 2.92. The molecule has 1 aromatic heterocycles. The Kier molecular flexibility index (Phi) is 2.37. The minimum Gasteiger partial charge on any atom is -0.352 e. The van der Waals surface area contributed by atoms with Crippen LogP contribution in [-0.4, -0.2) is 41.0 Å². The molecule has 0 aliphatic heterocycles. The summed E-state index contributed by atoms with van der Waals surface area (Å²) < 4.78 is 0. The first-order valence-corrected chi connectivity index (χ1v) is 4.91. The maximum atomic E-state index is 4.13. The number of hydrogen-bond donors (Lipinski definition) is 1. The van der Waals surface area contributed by atoms with Crippen LogP contribution >= 0.6 is 0 Å². The van der Waals surface area contributed by atoms with Crippen molar-refractivity contribution in [2.45, 2.75) is 18.4 Å². The summed E-state index contributed by atoms with van der Waals surface area (Å²) in [7, 11) is 4.25. The summed E-state index contributed by atoms with van der Waals surface area (Å²) in [5.74, 6) is 0.723. The Labute approximate surface area is 84.4 Å². The lowest BCUT2D eigenvalue weighted by molar-refractivity contribution is 0.284. The van der Waals surface area contributed by atoms with E-state index in [2.05, 4.69) is 34.3 Å². The van der Waals surface area contributed by atoms with Gasteiger partial charge in [-0.3, -0.25) is 0 Å². The van der Waals surface area contributed by atoms with E-state index in [1.807, 2.05) is 6.07 Å². The molecule has 1 aliphatic rings. The van der Waals surface area contributed by atoms with Gasteiger partial charge in [0.05, 0.1) is 0 Å². The number of nitrogens with one attached hydrogen (secondary N) is 1. The molecule has 2 rings (SSSR count). The lowest BCUT2D eigenvalue weighted by Crippen LogP contribution is -2.37. The first-order chi connectivity index (χ1) is 6.73. The zero-order valence-corrected chi connectivity index (χ0v) is 8.70. The maximum Gasteiger partial charge on any atom is 0.222 e. The quantitative estimate of drug-likeness (QED) is 0.772. The number of rotatable bonds is 4. The van der Waals surface area contributed by atoms with E-state index in [0.29, 0.717) is 5.54 Å². The molecule has 0 bridgehead atoms. The van der Waals surface area contributed by atoms with E-state index in [1.165, 1.54) is 12.8 Å². The molecule has 1 saturated carbocycles. The molecule has 1 N–H and O–H groups in total. The minimum absolute atomic E-state index is 0.346. The monoisotopic (exact) mass is 192 g/mol. The summed E-state index contributed by atoms with van der Waals surface area (Å²) in [5.41, 5.74) is 0.346. The van der Waals surface area contributed by atoms with E-state index in [-0.39, 0.29) is 0 Å². The van der Waals surface area contributed by atoms with Gasteiger partial charge in [0.2, 0.25) is 5.95 Å². The highest BCUT2D eigenvalue weighted by Gasteiger charge is 2.44. The Balaban J connectivity index is 1.89. The Morgan fingerprint density at radius 3 is 2.50 bits per heavy atom. The summed E-state index contributed by atoms with van der Waals surface area (Å²) in [6.07, 6.45) is 6.04. The molecule has 1 fully saturated rings. The van der Waals surface area contributed by atoms with E-state index in [0.717, 1.165) is 12.5 Å². The van der Waals surface area contributed by atoms with Gasteiger partial charge in [0.25, 0.3) is 0 Å². The molecule has 76 valence electrons. The lowest BCUT2D eigenvalue weighted by Gasteiger charge is -2.23. The SMILES string of the molecule is CN(C)C1(CNc2ncccn2)CC1. The molecule has 1 aromatic rings. The fraction of sp³-hybridized carbons (Fsp3) is 0.600. The molecule has 14 heavy (non-hydrogen) atoms. The predicted molar refractivity (Wildman–Crippen MR) is 56.2 cm³/mol. The van der Waals surface area contributed by atoms with Crippen LogP contribution in [0.1, 0.15) is 12.8 Å². The van der Waals surface area contributed by atoms with Gasteiger partial charge in [0.1, 0.15) is 0 Å². The number of nitrogens with zero attached hydrogens (tertiary/aromatic N) is 3. The molecular formula is C10H16N4. The number of anilines is 1. The molecule has 1 heterocycles. The van der Waals surface area contributed by atoms with Crippen LogP contribution in [0.15, 0.2) is 18.5 Å². The van der Waals surface area contributed by atoms with Gasteiger partial charge >= 0.3 is 0 Å². The molecule has 0 spiro atoms. The average Bonchev–Trinajstić information content (AvgIpc) is 2.97. The Hall–Kier alpha value is -1.16. The lowest BCUT2D eigenvalue weighted by atomic mass is 10.2. The van der Waals surface area contributed by atoms with Crippen molar-refractivity contribution in [2.24, 2.45) is 0 Å². The zero-order valence-electron chi connectivity index (χ0n) is 8.70. The molecule has 4 nitrogen and oxygen atoms in total. The number of likely N-dealkylation sites (N-methyl/N-ethyl adjacent to an activating group) is 1. The summed E-state index contributed by atoms with van der Waals surface area (Å²) in [4.78, 5) is 10.5. The number of aromatic nitrogens is 2. The normalized spacial score (nSPS) is 18.2. The van der Waals surface area contributed by atoms with Gasteiger partial charge in [-0.15, -0.1) is 0 Å². The number of hydrogen-bond acceptors (Lipinski definition) is 4. The van der Waals surface area contributed by atoms with Crippen molar-refractivity contribution in [3.63, 3.8) is 0 Å². The molecule has 1 aliphatic carbocycles. The van der Waals surface area contributed by atoms with Crippen LogP contribution in [0.5, 0.6) is 0 Å². The summed E-state index contributed by atoms with van der Waals surface area (Å²) in [6, 6.07) is 1.82. The standard InChI is InChI=1S/C10H16N4/c1-14(2)10(4-5-10)8-13-9-11-6-3-7-12-9/h3,6-7H,4-5,8H2,1-2H3,(H,11,12,13). The van der Waals surface area contributed by atoms with Crippen molar-refractivity contribution in [3.8, 4) is 0 Å². The van der Waals surface area contributed by atoms with Crippen molar-refractivity contribution in [3.05, 3.63) is 18.5 Å². The van der Waals surface area contributed by atoms with Gasteiger partial charge in [-0.1, -0.05) is 0 Å². The molecule has 0 atom stereocenters. The van der Waals surface area contributed by atoms with Crippen LogP contribution in [0.4, 0.5) is 5.95 Å². The average molecular weight is 192 g/mol. The van der Waals surface area contributed by atoms with Gasteiger partial charge in [-0.2, -0.15) is 0 Å². The van der Waals surface area contributed by atoms with Crippen molar-refractivity contribution in [1.29, 1.82) is 0 Å². The fourth-order valence-corrected chi connectivity index (χ4v) is 1.56. The largest absolute Gasteiger partial charge is 0.352 e. The van der Waals surface area contributed by atoms with E-state index in [1.54, 1.807) is 12.4 Å². The van der Waals surface area contributed by atoms with E-state index >= 15 is 0 Å². The molecular weight excluding hydrogens is 176 g/mol. The van der Waals surface area contributed by atoms with Gasteiger partial charge in [-0.25, -0.2) is 9.97 Å². The van der Waals surface area contributed by atoms with Crippen LogP contribution in [0.3, 0.4) is 0 Å². The van der Waals surface area contributed by atoms with Gasteiger partial charge in [0.15, 0.2) is 0 Å².